The Hall–Kier alpha value is -4.55. The number of carbonyl (C=O) groups excluding carboxylic acids is 2. The standard InChI is InChI=1S/C36H48N8O4/c1-35(2,3)23-20-28(32(46)37-16-17-43(7)18-19-45)38-30(21-23)40-34(47)39-27-13-14-29(26-11-9-8-10-25(26)27)48-24-12-15-31-41-42-33(36(4,5)6)44(31)22-24/h8-12,15,20-22,27,29,45H,13-14,16-19H2,1-7H3,(H,37,46)(H2,38,39,40,47)/t27-,29+/m0/s1. The first-order chi connectivity index (χ1) is 22.7. The Bertz CT molecular complexity index is 1760. The highest BCUT2D eigenvalue weighted by Crippen LogP contribution is 2.39. The number of nitrogens with zero attached hydrogens (tertiary/aromatic N) is 5. The largest absolute Gasteiger partial charge is 0.484 e. The summed E-state index contributed by atoms with van der Waals surface area (Å²) in [5.74, 6) is 1.55. The van der Waals surface area contributed by atoms with Crippen LogP contribution in [0.2, 0.25) is 0 Å². The maximum atomic E-state index is 13.4. The fourth-order valence-corrected chi connectivity index (χ4v) is 5.83. The minimum absolute atomic E-state index is 0.0533. The van der Waals surface area contributed by atoms with Crippen LogP contribution in [0.1, 0.15) is 99.5 Å². The SMILES string of the molecule is CN(CCO)CCNC(=O)c1cc(C(C)(C)C)cc(NC(=O)N[C@H]2CC[C@@H](Oc3ccc4nnc(C(C)(C)C)n4c3)c3ccccc32)n1. The maximum Gasteiger partial charge on any atom is 0.320 e. The lowest BCUT2D eigenvalue weighted by Crippen LogP contribution is -2.36. The molecule has 12 heteroatoms. The summed E-state index contributed by atoms with van der Waals surface area (Å²) in [4.78, 5) is 32.8. The Labute approximate surface area is 282 Å². The number of anilines is 1. The summed E-state index contributed by atoms with van der Waals surface area (Å²) in [7, 11) is 1.88. The summed E-state index contributed by atoms with van der Waals surface area (Å²) < 4.78 is 8.52. The quantitative estimate of drug-likeness (QED) is 0.183. The zero-order valence-corrected chi connectivity index (χ0v) is 29.0. The Morgan fingerprint density at radius 1 is 0.979 bits per heavy atom. The van der Waals surface area contributed by atoms with Crippen molar-refractivity contribution in [2.45, 2.75) is 77.4 Å². The minimum atomic E-state index is -0.405. The normalized spacial score (nSPS) is 16.4. The van der Waals surface area contributed by atoms with E-state index in [1.165, 1.54) is 0 Å². The first-order valence-electron chi connectivity index (χ1n) is 16.5. The van der Waals surface area contributed by atoms with E-state index in [4.69, 9.17) is 9.84 Å². The molecular formula is C36H48N8O4. The lowest BCUT2D eigenvalue weighted by Gasteiger charge is -2.32. The number of carbonyl (C=O) groups is 2. The van der Waals surface area contributed by atoms with E-state index in [1.54, 1.807) is 6.07 Å². The topological polar surface area (TPSA) is 146 Å². The van der Waals surface area contributed by atoms with Crippen LogP contribution in [-0.2, 0) is 10.8 Å². The third-order valence-electron chi connectivity index (χ3n) is 8.49. The summed E-state index contributed by atoms with van der Waals surface area (Å²) >= 11 is 0. The third kappa shape index (κ3) is 8.29. The molecule has 0 bridgehead atoms. The van der Waals surface area contributed by atoms with Crippen LogP contribution in [-0.4, -0.2) is 74.8 Å². The van der Waals surface area contributed by atoms with Gasteiger partial charge in [0.1, 0.15) is 29.2 Å². The van der Waals surface area contributed by atoms with Crippen molar-refractivity contribution in [3.8, 4) is 5.75 Å². The number of benzene rings is 1. The molecule has 0 saturated heterocycles. The van der Waals surface area contributed by atoms with E-state index < -0.39 is 6.03 Å². The van der Waals surface area contributed by atoms with E-state index >= 15 is 0 Å². The number of aliphatic hydroxyl groups excluding tert-OH is 1. The molecule has 2 atom stereocenters. The van der Waals surface area contributed by atoms with Gasteiger partial charge in [-0.25, -0.2) is 9.78 Å². The predicted octanol–water partition coefficient (Wildman–Crippen LogP) is 5.15. The average molecular weight is 657 g/mol. The second-order valence-electron chi connectivity index (χ2n) is 14.5. The smallest absolute Gasteiger partial charge is 0.320 e. The van der Waals surface area contributed by atoms with E-state index in [9.17, 15) is 9.59 Å². The molecule has 0 aliphatic heterocycles. The summed E-state index contributed by atoms with van der Waals surface area (Å²) in [6, 6.07) is 14.8. The van der Waals surface area contributed by atoms with Crippen molar-refractivity contribution in [2.75, 3.05) is 38.6 Å². The molecular weight excluding hydrogens is 608 g/mol. The Morgan fingerprint density at radius 2 is 1.73 bits per heavy atom. The van der Waals surface area contributed by atoms with Gasteiger partial charge in [-0.1, -0.05) is 65.8 Å². The van der Waals surface area contributed by atoms with Crippen molar-refractivity contribution < 1.29 is 19.4 Å². The molecule has 3 amide bonds. The Balaban J connectivity index is 1.29. The third-order valence-corrected chi connectivity index (χ3v) is 8.49. The number of ether oxygens (including phenoxy) is 1. The highest BCUT2D eigenvalue weighted by atomic mass is 16.5. The molecule has 256 valence electrons. The lowest BCUT2D eigenvalue weighted by atomic mass is 9.85. The maximum absolute atomic E-state index is 13.4. The number of urea groups is 1. The molecule has 1 aliphatic rings. The molecule has 5 rings (SSSR count). The van der Waals surface area contributed by atoms with E-state index in [0.717, 1.165) is 33.9 Å². The van der Waals surface area contributed by atoms with Crippen LogP contribution in [0.4, 0.5) is 10.6 Å². The van der Waals surface area contributed by atoms with E-state index in [-0.39, 0.29) is 41.2 Å². The van der Waals surface area contributed by atoms with Gasteiger partial charge in [-0.15, -0.1) is 10.2 Å². The second-order valence-corrected chi connectivity index (χ2v) is 14.5. The number of fused-ring (bicyclic) bond motifs is 2. The number of pyridine rings is 2. The molecule has 48 heavy (non-hydrogen) atoms. The molecule has 3 heterocycles. The van der Waals surface area contributed by atoms with Crippen molar-refractivity contribution >= 4 is 23.4 Å². The number of nitrogens with one attached hydrogen (secondary N) is 3. The number of rotatable bonds is 10. The van der Waals surface area contributed by atoms with Gasteiger partial charge in [0.25, 0.3) is 5.91 Å². The number of aromatic nitrogens is 4. The first kappa shape index (κ1) is 34.8. The van der Waals surface area contributed by atoms with Crippen molar-refractivity contribution in [3.63, 3.8) is 0 Å². The summed E-state index contributed by atoms with van der Waals surface area (Å²) in [5.41, 5.74) is 3.42. The van der Waals surface area contributed by atoms with Gasteiger partial charge in [0.2, 0.25) is 0 Å². The monoisotopic (exact) mass is 656 g/mol. The first-order valence-corrected chi connectivity index (χ1v) is 16.5. The van der Waals surface area contributed by atoms with Crippen LogP contribution in [0.3, 0.4) is 0 Å². The minimum Gasteiger partial charge on any atom is -0.484 e. The fraction of sp³-hybridized carbons (Fsp3) is 0.472. The summed E-state index contributed by atoms with van der Waals surface area (Å²) in [6.07, 6.45) is 3.12. The van der Waals surface area contributed by atoms with Gasteiger partial charge in [0.05, 0.1) is 18.8 Å². The number of hydrogen-bond acceptors (Lipinski definition) is 8. The van der Waals surface area contributed by atoms with Gasteiger partial charge in [-0.05, 0) is 66.3 Å². The van der Waals surface area contributed by atoms with E-state index in [0.29, 0.717) is 38.3 Å². The Kier molecular flexibility index (Phi) is 10.4. The highest BCUT2D eigenvalue weighted by molar-refractivity contribution is 5.94. The van der Waals surface area contributed by atoms with Crippen LogP contribution < -0.4 is 20.7 Å². The lowest BCUT2D eigenvalue weighted by molar-refractivity contribution is 0.0944. The van der Waals surface area contributed by atoms with Gasteiger partial charge in [-0.2, -0.15) is 0 Å². The van der Waals surface area contributed by atoms with Crippen molar-refractivity contribution in [3.05, 3.63) is 82.9 Å². The molecule has 12 nitrogen and oxygen atoms in total. The van der Waals surface area contributed by atoms with Crippen molar-refractivity contribution in [2.24, 2.45) is 0 Å². The molecule has 0 unspecified atom stereocenters. The zero-order valence-electron chi connectivity index (χ0n) is 29.0. The second kappa shape index (κ2) is 14.3. The molecule has 1 aliphatic carbocycles. The van der Waals surface area contributed by atoms with Gasteiger partial charge >= 0.3 is 6.03 Å². The summed E-state index contributed by atoms with van der Waals surface area (Å²) in [5, 5.41) is 26.7. The highest BCUT2D eigenvalue weighted by Gasteiger charge is 2.30. The molecule has 3 aromatic heterocycles. The van der Waals surface area contributed by atoms with Crippen molar-refractivity contribution in [1.29, 1.82) is 0 Å². The number of hydrogen-bond donors (Lipinski definition) is 4. The number of aliphatic hydroxyl groups is 1. The molecule has 4 N–H and O–H groups in total. The van der Waals surface area contributed by atoms with E-state index in [2.05, 4.69) is 51.9 Å². The zero-order chi connectivity index (χ0) is 34.6. The molecule has 0 radical (unpaired) electrons. The molecule has 0 spiro atoms. The molecule has 4 aromatic rings. The number of amides is 3. The van der Waals surface area contributed by atoms with E-state index in [1.807, 2.05) is 85.8 Å². The van der Waals surface area contributed by atoms with Crippen molar-refractivity contribution in [1.82, 2.24) is 35.1 Å². The van der Waals surface area contributed by atoms with Gasteiger partial charge in [0.15, 0.2) is 5.65 Å². The number of likely N-dealkylation sites (N-methyl/N-ethyl adjacent to an activating group) is 1. The van der Waals surface area contributed by atoms with Gasteiger partial charge in [0, 0.05) is 25.0 Å². The van der Waals surface area contributed by atoms with Gasteiger partial charge in [-0.3, -0.25) is 14.5 Å². The summed E-state index contributed by atoms with van der Waals surface area (Å²) in [6.45, 7) is 14.0. The molecule has 1 aromatic carbocycles. The van der Waals surface area contributed by atoms with Crippen LogP contribution in [0, 0.1) is 0 Å². The Morgan fingerprint density at radius 3 is 2.44 bits per heavy atom. The van der Waals surface area contributed by atoms with Crippen LogP contribution in [0.15, 0.2) is 54.7 Å². The average Bonchev–Trinajstić information content (AvgIpc) is 3.46. The van der Waals surface area contributed by atoms with Crippen LogP contribution >= 0.6 is 0 Å². The molecule has 0 saturated carbocycles. The predicted molar refractivity (Wildman–Crippen MR) is 185 cm³/mol. The van der Waals surface area contributed by atoms with Crippen LogP contribution in [0.25, 0.3) is 5.65 Å². The van der Waals surface area contributed by atoms with Crippen LogP contribution in [0.5, 0.6) is 5.75 Å². The molecule has 0 fully saturated rings. The fourth-order valence-electron chi connectivity index (χ4n) is 5.83. The van der Waals surface area contributed by atoms with Gasteiger partial charge < -0.3 is 25.4 Å².